The van der Waals surface area contributed by atoms with Crippen LogP contribution in [-0.4, -0.2) is 41.0 Å². The highest BCUT2D eigenvalue weighted by atomic mass is 32.2. The highest BCUT2D eigenvalue weighted by molar-refractivity contribution is 7.99. The van der Waals surface area contributed by atoms with Gasteiger partial charge in [0.15, 0.2) is 16.5 Å². The van der Waals surface area contributed by atoms with Gasteiger partial charge in [0.1, 0.15) is 12.1 Å². The first-order valence-electron chi connectivity index (χ1n) is 9.00. The lowest BCUT2D eigenvalue weighted by Gasteiger charge is -2.05. The lowest BCUT2D eigenvalue weighted by Crippen LogP contribution is -2.14. The Morgan fingerprint density at radius 2 is 1.83 bits per heavy atom. The minimum Gasteiger partial charge on any atom is -0.325 e. The fourth-order valence-corrected chi connectivity index (χ4v) is 3.72. The molecule has 3 aromatic heterocycles. The molecule has 0 aliphatic heterocycles. The first-order valence-corrected chi connectivity index (χ1v) is 9.99. The number of fused-ring (bicyclic) bond motifs is 3. The fraction of sp³-hybridized carbons (Fsp3) is 0.0500. The predicted molar refractivity (Wildman–Crippen MR) is 111 cm³/mol. The summed E-state index contributed by atoms with van der Waals surface area (Å²) < 4.78 is 16.4. The van der Waals surface area contributed by atoms with Crippen molar-refractivity contribution < 1.29 is 9.18 Å². The second-order valence-corrected chi connectivity index (χ2v) is 7.34. The van der Waals surface area contributed by atoms with E-state index in [1.807, 2.05) is 30.3 Å². The minimum absolute atomic E-state index is 0.124. The summed E-state index contributed by atoms with van der Waals surface area (Å²) in [5, 5.41) is 16.9. The van der Waals surface area contributed by atoms with Crippen molar-refractivity contribution in [3.8, 4) is 5.69 Å². The Morgan fingerprint density at radius 3 is 2.63 bits per heavy atom. The van der Waals surface area contributed by atoms with Crippen molar-refractivity contribution in [1.82, 2.24) is 29.4 Å². The zero-order chi connectivity index (χ0) is 20.5. The molecule has 5 rings (SSSR count). The summed E-state index contributed by atoms with van der Waals surface area (Å²) in [6, 6.07) is 15.3. The smallest absolute Gasteiger partial charge is 0.234 e. The van der Waals surface area contributed by atoms with Gasteiger partial charge in [-0.25, -0.2) is 14.1 Å². The molecule has 0 spiro atoms. The number of hydrogen-bond donors (Lipinski definition) is 1. The fourth-order valence-electron chi connectivity index (χ4n) is 3.02. The highest BCUT2D eigenvalue weighted by Gasteiger charge is 2.15. The number of anilines is 1. The number of hydrogen-bond acceptors (Lipinski definition) is 6. The second-order valence-electron chi connectivity index (χ2n) is 6.39. The quantitative estimate of drug-likeness (QED) is 0.440. The van der Waals surface area contributed by atoms with Crippen molar-refractivity contribution in [1.29, 1.82) is 0 Å². The number of nitrogens with zero attached hydrogens (tertiary/aromatic N) is 6. The number of thioether (sulfide) groups is 1. The van der Waals surface area contributed by atoms with Crippen LogP contribution >= 0.6 is 11.8 Å². The molecule has 8 nitrogen and oxygen atoms in total. The summed E-state index contributed by atoms with van der Waals surface area (Å²) in [6.07, 6.45) is 3.33. The molecule has 148 valence electrons. The summed E-state index contributed by atoms with van der Waals surface area (Å²) in [6.45, 7) is 0. The SMILES string of the molecule is O=C(CSc1nnc2c3cnn(-c4ccccc4)c3ncn12)Nc1ccc(F)cc1. The number of carbonyl (C=O) groups excluding carboxylic acids is 1. The minimum atomic E-state index is -0.355. The molecule has 5 aromatic rings. The molecular formula is C20H14FN7OS. The molecule has 0 saturated carbocycles. The average Bonchev–Trinajstić information content (AvgIpc) is 3.38. The van der Waals surface area contributed by atoms with Gasteiger partial charge in [0, 0.05) is 5.69 Å². The van der Waals surface area contributed by atoms with Crippen LogP contribution in [0.1, 0.15) is 0 Å². The Kier molecular flexibility index (Phi) is 4.60. The van der Waals surface area contributed by atoms with E-state index in [1.165, 1.54) is 36.0 Å². The van der Waals surface area contributed by atoms with Gasteiger partial charge in [-0.05, 0) is 36.4 Å². The van der Waals surface area contributed by atoms with Crippen molar-refractivity contribution in [2.75, 3.05) is 11.1 Å². The van der Waals surface area contributed by atoms with Gasteiger partial charge < -0.3 is 5.32 Å². The van der Waals surface area contributed by atoms with Gasteiger partial charge in [0.05, 0.1) is 23.0 Å². The molecule has 0 bridgehead atoms. The number of rotatable bonds is 5. The largest absolute Gasteiger partial charge is 0.325 e. The third-order valence-corrected chi connectivity index (χ3v) is 5.35. The number of carbonyl (C=O) groups is 1. The number of halogens is 1. The van der Waals surface area contributed by atoms with Gasteiger partial charge >= 0.3 is 0 Å². The van der Waals surface area contributed by atoms with E-state index >= 15 is 0 Å². The second kappa shape index (κ2) is 7.56. The van der Waals surface area contributed by atoms with Crippen molar-refractivity contribution in [3.05, 3.63) is 72.9 Å². The molecule has 0 radical (unpaired) electrons. The summed E-state index contributed by atoms with van der Waals surface area (Å²) in [5.41, 5.74) is 2.72. The van der Waals surface area contributed by atoms with Gasteiger partial charge in [-0.2, -0.15) is 5.10 Å². The van der Waals surface area contributed by atoms with E-state index in [0.29, 0.717) is 22.1 Å². The van der Waals surface area contributed by atoms with Crippen molar-refractivity contribution in [2.45, 2.75) is 5.16 Å². The molecule has 0 unspecified atom stereocenters. The Hall–Kier alpha value is -3.79. The molecule has 3 heterocycles. The number of nitrogens with one attached hydrogen (secondary N) is 1. The summed E-state index contributed by atoms with van der Waals surface area (Å²) in [5.74, 6) is -0.458. The molecule has 0 saturated heterocycles. The Balaban J connectivity index is 1.37. The number of para-hydroxylation sites is 1. The van der Waals surface area contributed by atoms with Gasteiger partial charge in [-0.15, -0.1) is 10.2 Å². The summed E-state index contributed by atoms with van der Waals surface area (Å²) in [7, 11) is 0. The standard InChI is InChI=1S/C20H14FN7OS/c21-13-6-8-14(9-7-13)24-17(29)11-30-20-26-25-19-16-10-23-28(15-4-2-1-3-5-15)18(16)22-12-27(19)20/h1-10,12H,11H2,(H,24,29). The summed E-state index contributed by atoms with van der Waals surface area (Å²) >= 11 is 1.23. The van der Waals surface area contributed by atoms with Crippen LogP contribution in [0.5, 0.6) is 0 Å². The normalized spacial score (nSPS) is 11.2. The van der Waals surface area contributed by atoms with Crippen LogP contribution in [0.3, 0.4) is 0 Å². The van der Waals surface area contributed by atoms with Crippen LogP contribution in [0.2, 0.25) is 0 Å². The van der Waals surface area contributed by atoms with Crippen LogP contribution in [0.15, 0.2) is 72.3 Å². The molecule has 0 aliphatic carbocycles. The molecule has 0 aliphatic rings. The Labute approximate surface area is 173 Å². The molecule has 0 fully saturated rings. The van der Waals surface area contributed by atoms with E-state index in [9.17, 15) is 9.18 Å². The van der Waals surface area contributed by atoms with Crippen LogP contribution < -0.4 is 5.32 Å². The maximum absolute atomic E-state index is 13.0. The van der Waals surface area contributed by atoms with Crippen LogP contribution in [-0.2, 0) is 4.79 Å². The topological polar surface area (TPSA) is 90.0 Å². The van der Waals surface area contributed by atoms with Gasteiger partial charge in [-0.1, -0.05) is 30.0 Å². The maximum Gasteiger partial charge on any atom is 0.234 e. The molecule has 2 aromatic carbocycles. The Morgan fingerprint density at radius 1 is 1.03 bits per heavy atom. The highest BCUT2D eigenvalue weighted by Crippen LogP contribution is 2.23. The van der Waals surface area contributed by atoms with Crippen molar-refractivity contribution in [2.24, 2.45) is 0 Å². The lowest BCUT2D eigenvalue weighted by molar-refractivity contribution is -0.113. The molecule has 1 N–H and O–H groups in total. The first kappa shape index (κ1) is 18.3. The van der Waals surface area contributed by atoms with Gasteiger partial charge in [0.25, 0.3) is 0 Å². The zero-order valence-corrected chi connectivity index (χ0v) is 16.3. The van der Waals surface area contributed by atoms with Gasteiger partial charge in [-0.3, -0.25) is 9.20 Å². The van der Waals surface area contributed by atoms with Crippen LogP contribution in [0.25, 0.3) is 22.4 Å². The van der Waals surface area contributed by atoms with E-state index in [-0.39, 0.29) is 17.5 Å². The van der Waals surface area contributed by atoms with Gasteiger partial charge in [0.2, 0.25) is 5.91 Å². The third kappa shape index (κ3) is 3.37. The third-order valence-electron chi connectivity index (χ3n) is 4.41. The monoisotopic (exact) mass is 419 g/mol. The maximum atomic E-state index is 13.0. The molecule has 0 atom stereocenters. The van der Waals surface area contributed by atoms with E-state index < -0.39 is 0 Å². The van der Waals surface area contributed by atoms with Crippen molar-refractivity contribution in [3.63, 3.8) is 0 Å². The predicted octanol–water partition coefficient (Wildman–Crippen LogP) is 3.33. The van der Waals surface area contributed by atoms with E-state index in [2.05, 4.69) is 25.6 Å². The molecule has 30 heavy (non-hydrogen) atoms. The molecular weight excluding hydrogens is 405 g/mol. The van der Waals surface area contributed by atoms with Crippen molar-refractivity contribution >= 4 is 40.0 Å². The average molecular weight is 419 g/mol. The summed E-state index contributed by atoms with van der Waals surface area (Å²) in [4.78, 5) is 16.7. The molecule has 10 heteroatoms. The lowest BCUT2D eigenvalue weighted by atomic mass is 10.3. The molecule has 1 amide bonds. The zero-order valence-electron chi connectivity index (χ0n) is 15.4. The van der Waals surface area contributed by atoms with E-state index in [0.717, 1.165) is 11.1 Å². The number of benzene rings is 2. The number of amides is 1. The Bertz CT molecular complexity index is 1350. The first-order chi connectivity index (χ1) is 14.7. The van der Waals surface area contributed by atoms with Crippen LogP contribution in [0.4, 0.5) is 10.1 Å². The van der Waals surface area contributed by atoms with E-state index in [4.69, 9.17) is 0 Å². The van der Waals surface area contributed by atoms with E-state index in [1.54, 1.807) is 21.6 Å². The number of aromatic nitrogens is 6. The van der Waals surface area contributed by atoms with Crippen LogP contribution in [0, 0.1) is 5.82 Å².